The highest BCUT2D eigenvalue weighted by atomic mass is 16.5. The van der Waals surface area contributed by atoms with E-state index >= 15 is 0 Å². The Morgan fingerprint density at radius 2 is 1.72 bits per heavy atom. The van der Waals surface area contributed by atoms with Crippen LogP contribution >= 0.6 is 0 Å². The highest BCUT2D eigenvalue weighted by Gasteiger charge is 2.37. The van der Waals surface area contributed by atoms with Crippen molar-refractivity contribution in [1.29, 1.82) is 0 Å². The number of hydrogen-bond donors (Lipinski definition) is 2. The molecule has 29 heavy (non-hydrogen) atoms. The first kappa shape index (κ1) is 19.5. The zero-order chi connectivity index (χ0) is 20.4. The van der Waals surface area contributed by atoms with Crippen molar-refractivity contribution in [3.05, 3.63) is 59.7 Å². The Kier molecular flexibility index (Phi) is 5.53. The average molecular weight is 394 g/mol. The molecule has 0 spiro atoms. The van der Waals surface area contributed by atoms with E-state index in [2.05, 4.69) is 29.6 Å². The first-order valence-electron chi connectivity index (χ1n) is 10.2. The van der Waals surface area contributed by atoms with E-state index in [1.165, 1.54) is 22.3 Å². The number of carbonyl (C=O) groups excluding carboxylic acids is 1. The number of nitrogens with zero attached hydrogens (tertiary/aromatic N) is 1. The summed E-state index contributed by atoms with van der Waals surface area (Å²) in [5.41, 5.74) is 4.71. The molecule has 2 N–H and O–H groups in total. The van der Waals surface area contributed by atoms with Gasteiger partial charge in [-0.25, -0.2) is 4.79 Å². The van der Waals surface area contributed by atoms with Gasteiger partial charge >= 0.3 is 12.1 Å². The number of benzene rings is 2. The van der Waals surface area contributed by atoms with Crippen LogP contribution in [0.5, 0.6) is 0 Å². The number of carboxylic acid groups (broad SMARTS) is 1. The van der Waals surface area contributed by atoms with Crippen LogP contribution in [0.25, 0.3) is 11.1 Å². The van der Waals surface area contributed by atoms with Gasteiger partial charge in [0.25, 0.3) is 0 Å². The molecule has 0 unspecified atom stereocenters. The van der Waals surface area contributed by atoms with E-state index in [0.29, 0.717) is 19.5 Å². The minimum atomic E-state index is -0.838. The minimum absolute atomic E-state index is 0.0140. The Labute approximate surface area is 170 Å². The lowest BCUT2D eigenvalue weighted by Gasteiger charge is -2.19. The lowest BCUT2D eigenvalue weighted by molar-refractivity contribution is -0.142. The lowest BCUT2D eigenvalue weighted by atomic mass is 9.98. The summed E-state index contributed by atoms with van der Waals surface area (Å²) in [6.45, 7) is 3.52. The van der Waals surface area contributed by atoms with Crippen molar-refractivity contribution in [2.75, 3.05) is 19.7 Å². The summed E-state index contributed by atoms with van der Waals surface area (Å²) in [5.74, 6) is -0.824. The average Bonchev–Trinajstić information content (AvgIpc) is 3.26. The van der Waals surface area contributed by atoms with E-state index in [-0.39, 0.29) is 18.6 Å². The predicted octanol–water partition coefficient (Wildman–Crippen LogP) is 3.46. The second-order valence-corrected chi connectivity index (χ2v) is 7.75. The standard InChI is InChI=1S/C23H26N2O4/c1-2-11-25-13-15(12-21(25)22(26)27)24-23(28)29-14-20-18-9-5-3-7-16(18)17-8-4-6-10-19(17)20/h3-10,15,20-21H,2,11-14H2,1H3,(H,24,28)(H,26,27)/t15-,21-/m0/s1. The summed E-state index contributed by atoms with van der Waals surface area (Å²) in [4.78, 5) is 25.8. The third-order valence-electron chi connectivity index (χ3n) is 5.86. The van der Waals surface area contributed by atoms with Crippen molar-refractivity contribution >= 4 is 12.1 Å². The summed E-state index contributed by atoms with van der Waals surface area (Å²) in [7, 11) is 0. The number of amides is 1. The second kappa shape index (κ2) is 8.25. The van der Waals surface area contributed by atoms with Crippen molar-refractivity contribution in [2.24, 2.45) is 0 Å². The molecule has 4 rings (SSSR count). The van der Waals surface area contributed by atoms with Crippen LogP contribution in [0.2, 0.25) is 0 Å². The van der Waals surface area contributed by atoms with Gasteiger partial charge in [0.1, 0.15) is 12.6 Å². The van der Waals surface area contributed by atoms with Crippen LogP contribution in [-0.4, -0.2) is 53.8 Å². The van der Waals surface area contributed by atoms with Gasteiger partial charge in [0.15, 0.2) is 0 Å². The second-order valence-electron chi connectivity index (χ2n) is 7.75. The zero-order valence-electron chi connectivity index (χ0n) is 16.5. The summed E-state index contributed by atoms with van der Waals surface area (Å²) in [6, 6.07) is 15.7. The van der Waals surface area contributed by atoms with E-state index in [1.54, 1.807) is 0 Å². The van der Waals surface area contributed by atoms with E-state index in [9.17, 15) is 14.7 Å². The number of carboxylic acids is 1. The van der Waals surface area contributed by atoms with Gasteiger partial charge in [-0.15, -0.1) is 0 Å². The first-order chi connectivity index (χ1) is 14.1. The highest BCUT2D eigenvalue weighted by molar-refractivity contribution is 5.79. The van der Waals surface area contributed by atoms with Crippen LogP contribution in [-0.2, 0) is 9.53 Å². The van der Waals surface area contributed by atoms with Gasteiger partial charge < -0.3 is 15.2 Å². The first-order valence-corrected chi connectivity index (χ1v) is 10.2. The number of carbonyl (C=O) groups is 2. The Morgan fingerprint density at radius 1 is 1.10 bits per heavy atom. The topological polar surface area (TPSA) is 78.9 Å². The molecule has 1 heterocycles. The molecular weight excluding hydrogens is 368 g/mol. The lowest BCUT2D eigenvalue weighted by Crippen LogP contribution is -2.38. The fraction of sp³-hybridized carbons (Fsp3) is 0.391. The SMILES string of the molecule is CCCN1C[C@@H](NC(=O)OCC2c3ccccc3-c3ccccc32)C[C@H]1C(=O)O. The molecule has 0 radical (unpaired) electrons. The zero-order valence-corrected chi connectivity index (χ0v) is 16.5. The number of rotatable bonds is 6. The quantitative estimate of drug-likeness (QED) is 0.784. The molecule has 0 saturated carbocycles. The van der Waals surface area contributed by atoms with Gasteiger partial charge in [-0.2, -0.15) is 0 Å². The Hall–Kier alpha value is -2.86. The maximum Gasteiger partial charge on any atom is 0.407 e. The molecule has 2 aromatic rings. The van der Waals surface area contributed by atoms with E-state index in [1.807, 2.05) is 36.1 Å². The molecule has 2 aromatic carbocycles. The number of likely N-dealkylation sites (tertiary alicyclic amines) is 1. The maximum absolute atomic E-state index is 12.4. The van der Waals surface area contributed by atoms with E-state index in [4.69, 9.17) is 4.74 Å². The molecule has 152 valence electrons. The molecular formula is C23H26N2O4. The van der Waals surface area contributed by atoms with Crippen molar-refractivity contribution in [3.8, 4) is 11.1 Å². The summed E-state index contributed by atoms with van der Waals surface area (Å²) < 4.78 is 5.58. The van der Waals surface area contributed by atoms with Crippen LogP contribution in [0, 0.1) is 0 Å². The normalized spacial score (nSPS) is 20.9. The largest absolute Gasteiger partial charge is 0.480 e. The summed E-state index contributed by atoms with van der Waals surface area (Å²) >= 11 is 0. The number of alkyl carbamates (subject to hydrolysis) is 1. The molecule has 1 aliphatic carbocycles. The molecule has 6 nitrogen and oxygen atoms in total. The van der Waals surface area contributed by atoms with Crippen molar-refractivity contribution in [3.63, 3.8) is 0 Å². The Balaban J connectivity index is 1.39. The number of fused-ring (bicyclic) bond motifs is 3. The molecule has 0 aromatic heterocycles. The molecule has 2 aliphatic rings. The van der Waals surface area contributed by atoms with Gasteiger partial charge in [0.05, 0.1) is 0 Å². The van der Waals surface area contributed by atoms with Gasteiger partial charge in [-0.3, -0.25) is 9.69 Å². The van der Waals surface area contributed by atoms with Crippen LogP contribution < -0.4 is 5.32 Å². The molecule has 1 aliphatic heterocycles. The van der Waals surface area contributed by atoms with Crippen molar-refractivity contribution in [1.82, 2.24) is 10.2 Å². The van der Waals surface area contributed by atoms with Gasteiger partial charge in [-0.05, 0) is 41.6 Å². The van der Waals surface area contributed by atoms with E-state index in [0.717, 1.165) is 6.42 Å². The third kappa shape index (κ3) is 3.85. The van der Waals surface area contributed by atoms with Crippen molar-refractivity contribution in [2.45, 2.75) is 37.8 Å². The van der Waals surface area contributed by atoms with Gasteiger partial charge in [-0.1, -0.05) is 55.5 Å². The molecule has 1 saturated heterocycles. The number of ether oxygens (including phenoxy) is 1. The van der Waals surface area contributed by atoms with Crippen LogP contribution in [0.15, 0.2) is 48.5 Å². The predicted molar refractivity (Wildman–Crippen MR) is 110 cm³/mol. The molecule has 2 atom stereocenters. The number of nitrogens with one attached hydrogen (secondary N) is 1. The van der Waals surface area contributed by atoms with Crippen molar-refractivity contribution < 1.29 is 19.4 Å². The Bertz CT molecular complexity index is 868. The third-order valence-corrected chi connectivity index (χ3v) is 5.86. The molecule has 1 fully saturated rings. The van der Waals surface area contributed by atoms with Gasteiger partial charge in [0, 0.05) is 18.5 Å². The monoisotopic (exact) mass is 394 g/mol. The van der Waals surface area contributed by atoms with Crippen LogP contribution in [0.1, 0.15) is 36.8 Å². The van der Waals surface area contributed by atoms with E-state index < -0.39 is 18.1 Å². The molecule has 0 bridgehead atoms. The molecule has 6 heteroatoms. The van der Waals surface area contributed by atoms with Gasteiger partial charge in [0.2, 0.25) is 0 Å². The maximum atomic E-state index is 12.4. The smallest absolute Gasteiger partial charge is 0.407 e. The van der Waals surface area contributed by atoms with Crippen LogP contribution in [0.4, 0.5) is 4.79 Å². The van der Waals surface area contributed by atoms with Crippen LogP contribution in [0.3, 0.4) is 0 Å². The Morgan fingerprint density at radius 3 is 2.31 bits per heavy atom. The summed E-state index contributed by atoms with van der Waals surface area (Å²) in [5, 5.41) is 12.3. The highest BCUT2D eigenvalue weighted by Crippen LogP contribution is 2.44. The molecule has 1 amide bonds. The fourth-order valence-electron chi connectivity index (χ4n) is 4.61. The number of hydrogen-bond acceptors (Lipinski definition) is 4. The summed E-state index contributed by atoms with van der Waals surface area (Å²) in [6.07, 6.45) is 0.792. The minimum Gasteiger partial charge on any atom is -0.480 e. The fourth-order valence-corrected chi connectivity index (χ4v) is 4.61. The number of aliphatic carboxylic acids is 1.